The standard InChI is InChI=1S/C18H32Cl2O3/c19-17(21)13-9-5-1-3-7-11-15-23-16-12-8-4-2-6-10-14-18(20)22/h1-16H2. The third-order valence-electron chi connectivity index (χ3n) is 3.82. The second kappa shape index (κ2) is 18.2. The van der Waals surface area contributed by atoms with Gasteiger partial charge < -0.3 is 4.74 Å². The van der Waals surface area contributed by atoms with Crippen LogP contribution in [-0.2, 0) is 14.3 Å². The van der Waals surface area contributed by atoms with Gasteiger partial charge in [0.15, 0.2) is 0 Å². The van der Waals surface area contributed by atoms with Gasteiger partial charge in [0.2, 0.25) is 10.5 Å². The molecular weight excluding hydrogens is 335 g/mol. The SMILES string of the molecule is O=C(Cl)CCCCCCCCOCCCCCCCCC(=O)Cl. The van der Waals surface area contributed by atoms with Crippen LogP contribution >= 0.6 is 23.2 Å². The lowest BCUT2D eigenvalue weighted by molar-refractivity contribution is -0.112. The molecule has 0 rings (SSSR count). The van der Waals surface area contributed by atoms with Crippen LogP contribution in [0.5, 0.6) is 0 Å². The molecule has 0 amide bonds. The van der Waals surface area contributed by atoms with E-state index in [0.717, 1.165) is 51.7 Å². The molecule has 0 saturated heterocycles. The Morgan fingerprint density at radius 3 is 1.17 bits per heavy atom. The fourth-order valence-corrected chi connectivity index (χ4v) is 2.72. The fourth-order valence-electron chi connectivity index (χ4n) is 2.45. The second-order valence-corrected chi connectivity index (χ2v) is 6.91. The Bertz CT molecular complexity index is 268. The number of carbonyl (C=O) groups is 2. The lowest BCUT2D eigenvalue weighted by atomic mass is 10.1. The van der Waals surface area contributed by atoms with Gasteiger partial charge in [-0.25, -0.2) is 0 Å². The zero-order valence-corrected chi connectivity index (χ0v) is 15.8. The van der Waals surface area contributed by atoms with Gasteiger partial charge in [-0.2, -0.15) is 0 Å². The van der Waals surface area contributed by atoms with E-state index in [9.17, 15) is 9.59 Å². The van der Waals surface area contributed by atoms with Crippen LogP contribution in [0.15, 0.2) is 0 Å². The Morgan fingerprint density at radius 2 is 0.826 bits per heavy atom. The molecule has 136 valence electrons. The van der Waals surface area contributed by atoms with Crippen molar-refractivity contribution >= 4 is 33.7 Å². The molecule has 3 nitrogen and oxygen atoms in total. The number of unbranched alkanes of at least 4 members (excludes halogenated alkanes) is 10. The smallest absolute Gasteiger partial charge is 0.221 e. The first-order valence-electron chi connectivity index (χ1n) is 9.07. The molecule has 0 aliphatic carbocycles. The molecule has 5 heteroatoms. The van der Waals surface area contributed by atoms with Crippen LogP contribution in [0.4, 0.5) is 0 Å². The maximum atomic E-state index is 10.5. The van der Waals surface area contributed by atoms with Crippen molar-refractivity contribution in [1.29, 1.82) is 0 Å². The van der Waals surface area contributed by atoms with E-state index in [1.165, 1.54) is 38.5 Å². The maximum Gasteiger partial charge on any atom is 0.221 e. The van der Waals surface area contributed by atoms with Gasteiger partial charge in [-0.15, -0.1) is 0 Å². The van der Waals surface area contributed by atoms with Gasteiger partial charge >= 0.3 is 0 Å². The van der Waals surface area contributed by atoms with Gasteiger partial charge in [0, 0.05) is 26.1 Å². The lowest BCUT2D eigenvalue weighted by Gasteiger charge is -2.05. The zero-order chi connectivity index (χ0) is 17.2. The van der Waals surface area contributed by atoms with Gasteiger partial charge in [0.25, 0.3) is 0 Å². The van der Waals surface area contributed by atoms with Crippen molar-refractivity contribution in [3.8, 4) is 0 Å². The summed E-state index contributed by atoms with van der Waals surface area (Å²) in [5.74, 6) is 0. The molecule has 0 aromatic rings. The van der Waals surface area contributed by atoms with Crippen LogP contribution in [-0.4, -0.2) is 23.7 Å². The van der Waals surface area contributed by atoms with Crippen molar-refractivity contribution < 1.29 is 14.3 Å². The molecule has 0 aromatic carbocycles. The van der Waals surface area contributed by atoms with Gasteiger partial charge in [-0.05, 0) is 48.9 Å². The Hall–Kier alpha value is -0.120. The highest BCUT2D eigenvalue weighted by Gasteiger charge is 1.97. The number of hydrogen-bond acceptors (Lipinski definition) is 3. The molecule has 0 saturated carbocycles. The van der Waals surface area contributed by atoms with Crippen molar-refractivity contribution in [2.75, 3.05) is 13.2 Å². The van der Waals surface area contributed by atoms with Crippen LogP contribution in [0.1, 0.15) is 89.9 Å². The average Bonchev–Trinajstić information content (AvgIpc) is 2.49. The summed E-state index contributed by atoms with van der Waals surface area (Å²) in [6.45, 7) is 1.72. The molecule has 0 atom stereocenters. The first-order valence-corrected chi connectivity index (χ1v) is 9.83. The summed E-state index contributed by atoms with van der Waals surface area (Å²) in [7, 11) is 0. The minimum absolute atomic E-state index is 0.219. The van der Waals surface area contributed by atoms with Crippen molar-refractivity contribution in [3.63, 3.8) is 0 Å². The van der Waals surface area contributed by atoms with Crippen molar-refractivity contribution in [2.24, 2.45) is 0 Å². The van der Waals surface area contributed by atoms with Crippen LogP contribution in [0.2, 0.25) is 0 Å². The first kappa shape index (κ1) is 22.9. The molecule has 0 aliphatic heterocycles. The summed E-state index contributed by atoms with van der Waals surface area (Å²) in [5.41, 5.74) is 0. The molecule has 0 aromatic heterocycles. The molecule has 0 unspecified atom stereocenters. The summed E-state index contributed by atoms with van der Waals surface area (Å²) < 4.78 is 5.63. The summed E-state index contributed by atoms with van der Waals surface area (Å²) in [6.07, 6.45) is 14.5. The minimum atomic E-state index is -0.219. The van der Waals surface area contributed by atoms with Crippen molar-refractivity contribution in [2.45, 2.75) is 89.9 Å². The van der Waals surface area contributed by atoms with Gasteiger partial charge in [0.1, 0.15) is 0 Å². The third-order valence-corrected chi connectivity index (χ3v) is 4.20. The van der Waals surface area contributed by atoms with Crippen molar-refractivity contribution in [1.82, 2.24) is 0 Å². The molecule has 23 heavy (non-hydrogen) atoms. The number of hydrogen-bond donors (Lipinski definition) is 0. The monoisotopic (exact) mass is 366 g/mol. The van der Waals surface area contributed by atoms with Gasteiger partial charge in [0.05, 0.1) is 0 Å². The molecule has 0 bridgehead atoms. The lowest BCUT2D eigenvalue weighted by Crippen LogP contribution is -1.97. The zero-order valence-electron chi connectivity index (χ0n) is 14.3. The summed E-state index contributed by atoms with van der Waals surface area (Å²) in [5, 5.41) is -0.437. The molecule has 0 spiro atoms. The topological polar surface area (TPSA) is 43.4 Å². The van der Waals surface area contributed by atoms with E-state index in [0.29, 0.717) is 12.8 Å². The van der Waals surface area contributed by atoms with Crippen LogP contribution < -0.4 is 0 Å². The quantitative estimate of drug-likeness (QED) is 0.221. The fraction of sp³-hybridized carbons (Fsp3) is 0.889. The average molecular weight is 367 g/mol. The predicted octanol–water partition coefficient (Wildman–Crippen LogP) is 6.00. The maximum absolute atomic E-state index is 10.5. The molecule has 0 N–H and O–H groups in total. The largest absolute Gasteiger partial charge is 0.381 e. The van der Waals surface area contributed by atoms with E-state index < -0.39 is 0 Å². The summed E-state index contributed by atoms with van der Waals surface area (Å²) in [4.78, 5) is 21.1. The Labute approximate surface area is 151 Å². The molecule has 0 heterocycles. The van der Waals surface area contributed by atoms with E-state index in [4.69, 9.17) is 27.9 Å². The van der Waals surface area contributed by atoms with E-state index in [2.05, 4.69) is 0 Å². The van der Waals surface area contributed by atoms with Gasteiger partial charge in [-0.1, -0.05) is 51.4 Å². The highest BCUT2D eigenvalue weighted by molar-refractivity contribution is 6.63. The van der Waals surface area contributed by atoms with Crippen LogP contribution in [0, 0.1) is 0 Å². The van der Waals surface area contributed by atoms with Crippen LogP contribution in [0.25, 0.3) is 0 Å². The molecule has 0 radical (unpaired) electrons. The van der Waals surface area contributed by atoms with E-state index in [1.807, 2.05) is 0 Å². The third kappa shape index (κ3) is 21.9. The van der Waals surface area contributed by atoms with Crippen LogP contribution in [0.3, 0.4) is 0 Å². The normalized spacial score (nSPS) is 10.9. The Kier molecular flexibility index (Phi) is 18.1. The van der Waals surface area contributed by atoms with Crippen molar-refractivity contribution in [3.05, 3.63) is 0 Å². The van der Waals surface area contributed by atoms with Gasteiger partial charge in [-0.3, -0.25) is 9.59 Å². The molecular formula is C18H32Cl2O3. The Balaban J connectivity index is 3.00. The minimum Gasteiger partial charge on any atom is -0.381 e. The summed E-state index contributed by atoms with van der Waals surface area (Å²) >= 11 is 10.6. The number of carbonyl (C=O) groups excluding carboxylic acids is 2. The highest BCUT2D eigenvalue weighted by Crippen LogP contribution is 2.10. The molecule has 0 aliphatic rings. The predicted molar refractivity (Wildman–Crippen MR) is 97.2 cm³/mol. The second-order valence-electron chi connectivity index (χ2n) is 6.07. The highest BCUT2D eigenvalue weighted by atomic mass is 35.5. The molecule has 0 fully saturated rings. The number of ether oxygens (including phenoxy) is 1. The van der Waals surface area contributed by atoms with E-state index in [1.54, 1.807) is 0 Å². The summed E-state index contributed by atoms with van der Waals surface area (Å²) in [6, 6.07) is 0. The van der Waals surface area contributed by atoms with E-state index >= 15 is 0 Å². The number of halogens is 2. The Morgan fingerprint density at radius 1 is 0.522 bits per heavy atom. The number of rotatable bonds is 18. The first-order chi connectivity index (χ1) is 11.1. The van der Waals surface area contributed by atoms with E-state index in [-0.39, 0.29) is 10.5 Å².